The first kappa shape index (κ1) is 10.8. The summed E-state index contributed by atoms with van der Waals surface area (Å²) in [6, 6.07) is 5.30. The van der Waals surface area contributed by atoms with E-state index in [-0.39, 0.29) is 0 Å². The molecule has 1 aromatic rings. The molecular weight excluding hydrogens is 212 g/mol. The molecule has 0 spiro atoms. The Morgan fingerprint density at radius 1 is 1.35 bits per heavy atom. The van der Waals surface area contributed by atoms with E-state index in [1.54, 1.807) is 6.20 Å². The van der Waals surface area contributed by atoms with E-state index in [0.717, 1.165) is 11.7 Å². The minimum atomic E-state index is 0.556. The minimum absolute atomic E-state index is 0.556. The monoisotopic (exact) mass is 232 g/mol. The predicted molar refractivity (Wildman–Crippen MR) is 69.9 cm³/mol. The summed E-state index contributed by atoms with van der Waals surface area (Å²) in [6.45, 7) is 2.52. The number of hydrogen-bond acceptors (Lipinski definition) is 4. The molecule has 0 aliphatic carbocycles. The number of rotatable bonds is 2. The molecule has 1 aromatic heterocycles. The standard InChI is InChI=1S/C13H20N4/c14-13-12(4-1-6-15-13)16-10-5-8-17-7-2-3-11(17)9-10/h1,4,6,10-11,16H,2-3,5,7-9H2,(H2,14,15). The van der Waals surface area contributed by atoms with Crippen molar-refractivity contribution < 1.29 is 0 Å². The van der Waals surface area contributed by atoms with Crippen molar-refractivity contribution in [3.63, 3.8) is 0 Å². The van der Waals surface area contributed by atoms with Gasteiger partial charge in [-0.2, -0.15) is 0 Å². The number of nitrogen functional groups attached to an aromatic ring is 1. The molecule has 3 heterocycles. The van der Waals surface area contributed by atoms with Gasteiger partial charge >= 0.3 is 0 Å². The van der Waals surface area contributed by atoms with Crippen LogP contribution in [0.15, 0.2) is 18.3 Å². The van der Waals surface area contributed by atoms with Crippen LogP contribution in [0, 0.1) is 0 Å². The van der Waals surface area contributed by atoms with E-state index in [1.807, 2.05) is 12.1 Å². The van der Waals surface area contributed by atoms with E-state index >= 15 is 0 Å². The van der Waals surface area contributed by atoms with Gasteiger partial charge in [0.15, 0.2) is 0 Å². The Morgan fingerprint density at radius 3 is 3.18 bits per heavy atom. The van der Waals surface area contributed by atoms with Crippen LogP contribution in [0.3, 0.4) is 0 Å². The third-order valence-corrected chi connectivity index (χ3v) is 4.02. The number of aromatic nitrogens is 1. The highest BCUT2D eigenvalue weighted by Gasteiger charge is 2.31. The fraction of sp³-hybridized carbons (Fsp3) is 0.615. The third kappa shape index (κ3) is 2.22. The largest absolute Gasteiger partial charge is 0.382 e. The molecule has 2 aliphatic rings. The van der Waals surface area contributed by atoms with Crippen LogP contribution in [-0.2, 0) is 0 Å². The van der Waals surface area contributed by atoms with Crippen molar-refractivity contribution >= 4 is 11.5 Å². The molecule has 2 saturated heterocycles. The molecule has 4 heteroatoms. The van der Waals surface area contributed by atoms with Crippen LogP contribution < -0.4 is 11.1 Å². The lowest BCUT2D eigenvalue weighted by Gasteiger charge is -2.35. The number of fused-ring (bicyclic) bond motifs is 1. The number of pyridine rings is 1. The van der Waals surface area contributed by atoms with Crippen LogP contribution >= 0.6 is 0 Å². The van der Waals surface area contributed by atoms with Gasteiger partial charge in [0.05, 0.1) is 5.69 Å². The van der Waals surface area contributed by atoms with Crippen molar-refractivity contribution in [2.45, 2.75) is 37.8 Å². The second-order valence-electron chi connectivity index (χ2n) is 5.13. The highest BCUT2D eigenvalue weighted by molar-refractivity contribution is 5.61. The van der Waals surface area contributed by atoms with Gasteiger partial charge in [0, 0.05) is 24.8 Å². The fourth-order valence-corrected chi connectivity index (χ4v) is 3.11. The summed E-state index contributed by atoms with van der Waals surface area (Å²) in [5.74, 6) is 0.612. The van der Waals surface area contributed by atoms with Gasteiger partial charge in [-0.1, -0.05) is 0 Å². The topological polar surface area (TPSA) is 54.2 Å². The lowest BCUT2D eigenvalue weighted by molar-refractivity contribution is 0.188. The van der Waals surface area contributed by atoms with Crippen molar-refractivity contribution in [1.82, 2.24) is 9.88 Å². The quantitative estimate of drug-likeness (QED) is 0.815. The first-order chi connectivity index (χ1) is 8.33. The molecule has 0 aromatic carbocycles. The van der Waals surface area contributed by atoms with Gasteiger partial charge in [-0.25, -0.2) is 4.98 Å². The lowest BCUT2D eigenvalue weighted by Crippen LogP contribution is -2.42. The molecule has 0 saturated carbocycles. The Kier molecular flexibility index (Phi) is 2.89. The maximum Gasteiger partial charge on any atom is 0.146 e. The lowest BCUT2D eigenvalue weighted by atomic mass is 9.97. The molecule has 0 amide bonds. The molecule has 17 heavy (non-hydrogen) atoms. The molecule has 3 N–H and O–H groups in total. The minimum Gasteiger partial charge on any atom is -0.382 e. The molecule has 0 radical (unpaired) electrons. The Hall–Kier alpha value is -1.29. The number of anilines is 2. The smallest absolute Gasteiger partial charge is 0.146 e. The maximum absolute atomic E-state index is 5.86. The Balaban J connectivity index is 1.64. The van der Waals surface area contributed by atoms with Crippen LogP contribution in [0.2, 0.25) is 0 Å². The van der Waals surface area contributed by atoms with E-state index in [4.69, 9.17) is 5.73 Å². The number of nitrogens with two attached hydrogens (primary N) is 1. The number of nitrogens with one attached hydrogen (secondary N) is 1. The third-order valence-electron chi connectivity index (χ3n) is 4.02. The van der Waals surface area contributed by atoms with Crippen molar-refractivity contribution in [2.75, 3.05) is 24.1 Å². The van der Waals surface area contributed by atoms with Crippen molar-refractivity contribution in [3.8, 4) is 0 Å². The van der Waals surface area contributed by atoms with E-state index < -0.39 is 0 Å². The van der Waals surface area contributed by atoms with Crippen LogP contribution in [0.1, 0.15) is 25.7 Å². The van der Waals surface area contributed by atoms with Crippen molar-refractivity contribution in [1.29, 1.82) is 0 Å². The molecule has 2 unspecified atom stereocenters. The second-order valence-corrected chi connectivity index (χ2v) is 5.13. The van der Waals surface area contributed by atoms with E-state index in [9.17, 15) is 0 Å². The summed E-state index contributed by atoms with van der Waals surface area (Å²) in [7, 11) is 0. The van der Waals surface area contributed by atoms with Crippen molar-refractivity contribution in [3.05, 3.63) is 18.3 Å². The van der Waals surface area contributed by atoms with Crippen LogP contribution in [0.4, 0.5) is 11.5 Å². The molecule has 4 nitrogen and oxygen atoms in total. The predicted octanol–water partition coefficient (Wildman–Crippen LogP) is 1.70. The first-order valence-corrected chi connectivity index (χ1v) is 6.54. The highest BCUT2D eigenvalue weighted by Crippen LogP contribution is 2.29. The second kappa shape index (κ2) is 4.53. The van der Waals surface area contributed by atoms with E-state index in [2.05, 4.69) is 15.2 Å². The van der Waals surface area contributed by atoms with Gasteiger partial charge in [0.1, 0.15) is 5.82 Å². The zero-order valence-electron chi connectivity index (χ0n) is 10.1. The Bertz CT molecular complexity index is 393. The zero-order chi connectivity index (χ0) is 11.7. The van der Waals surface area contributed by atoms with E-state index in [1.165, 1.54) is 38.8 Å². The molecule has 2 aliphatic heterocycles. The molecule has 2 fully saturated rings. The summed E-state index contributed by atoms with van der Waals surface area (Å²) < 4.78 is 0. The summed E-state index contributed by atoms with van der Waals surface area (Å²) in [5.41, 5.74) is 6.85. The van der Waals surface area contributed by atoms with Gasteiger partial charge in [-0.05, 0) is 44.4 Å². The summed E-state index contributed by atoms with van der Waals surface area (Å²) in [4.78, 5) is 6.75. The van der Waals surface area contributed by atoms with Gasteiger partial charge in [-0.15, -0.1) is 0 Å². The van der Waals surface area contributed by atoms with Crippen molar-refractivity contribution in [2.24, 2.45) is 0 Å². The van der Waals surface area contributed by atoms with E-state index in [0.29, 0.717) is 11.9 Å². The van der Waals surface area contributed by atoms with Gasteiger partial charge in [0.2, 0.25) is 0 Å². The first-order valence-electron chi connectivity index (χ1n) is 6.54. The normalized spacial score (nSPS) is 28.9. The molecule has 0 bridgehead atoms. The zero-order valence-corrected chi connectivity index (χ0v) is 10.1. The maximum atomic E-state index is 5.86. The number of nitrogens with zero attached hydrogens (tertiary/aromatic N) is 2. The summed E-state index contributed by atoms with van der Waals surface area (Å²) >= 11 is 0. The molecular formula is C13H20N4. The molecule has 3 rings (SSSR count). The average Bonchev–Trinajstić information content (AvgIpc) is 2.79. The molecule has 92 valence electrons. The number of piperidine rings is 1. The number of hydrogen-bond donors (Lipinski definition) is 2. The highest BCUT2D eigenvalue weighted by atomic mass is 15.2. The van der Waals surface area contributed by atoms with Gasteiger partial charge in [-0.3, -0.25) is 0 Å². The SMILES string of the molecule is Nc1ncccc1NC1CCN2CCCC2C1. The Morgan fingerprint density at radius 2 is 2.29 bits per heavy atom. The summed E-state index contributed by atoms with van der Waals surface area (Å²) in [6.07, 6.45) is 6.92. The van der Waals surface area contributed by atoms with Crippen LogP contribution in [-0.4, -0.2) is 35.1 Å². The fourth-order valence-electron chi connectivity index (χ4n) is 3.11. The Labute approximate surface area is 102 Å². The molecule has 2 atom stereocenters. The van der Waals surface area contributed by atoms with Gasteiger partial charge in [0.25, 0.3) is 0 Å². The van der Waals surface area contributed by atoms with Crippen LogP contribution in [0.5, 0.6) is 0 Å². The van der Waals surface area contributed by atoms with Gasteiger partial charge < -0.3 is 16.0 Å². The summed E-state index contributed by atoms with van der Waals surface area (Å²) in [5, 5.41) is 3.55. The average molecular weight is 232 g/mol. The van der Waals surface area contributed by atoms with Crippen LogP contribution in [0.25, 0.3) is 0 Å².